The quantitative estimate of drug-likeness (QED) is 0.873. The molecule has 0 aliphatic heterocycles. The van der Waals surface area contributed by atoms with E-state index in [0.29, 0.717) is 10.7 Å². The summed E-state index contributed by atoms with van der Waals surface area (Å²) in [6.07, 6.45) is 1.57. The number of aromatic amines is 1. The first-order chi connectivity index (χ1) is 7.65. The SMILES string of the molecule is O=C(Nc1ccc(Br)cc1)c1cc(Cl)c[nH]1. The lowest BCUT2D eigenvalue weighted by atomic mass is 10.3. The molecule has 2 rings (SSSR count). The molecule has 0 bridgehead atoms. The zero-order chi connectivity index (χ0) is 11.5. The van der Waals surface area contributed by atoms with Gasteiger partial charge in [-0.3, -0.25) is 4.79 Å². The molecule has 1 heterocycles. The van der Waals surface area contributed by atoms with E-state index in [1.807, 2.05) is 24.3 Å². The van der Waals surface area contributed by atoms with Crippen LogP contribution in [-0.4, -0.2) is 10.9 Å². The van der Waals surface area contributed by atoms with Gasteiger partial charge >= 0.3 is 0 Å². The standard InChI is InChI=1S/C11H8BrClN2O/c12-7-1-3-9(4-2-7)15-11(16)10-5-8(13)6-14-10/h1-6,14H,(H,15,16). The number of aromatic nitrogens is 1. The summed E-state index contributed by atoms with van der Waals surface area (Å²) >= 11 is 9.03. The molecule has 1 aromatic heterocycles. The molecule has 2 N–H and O–H groups in total. The number of hydrogen-bond acceptors (Lipinski definition) is 1. The number of benzene rings is 1. The lowest BCUT2D eigenvalue weighted by Gasteiger charge is -2.03. The fraction of sp³-hybridized carbons (Fsp3) is 0. The van der Waals surface area contributed by atoms with E-state index in [2.05, 4.69) is 26.2 Å². The van der Waals surface area contributed by atoms with Crippen molar-refractivity contribution in [3.63, 3.8) is 0 Å². The topological polar surface area (TPSA) is 44.9 Å². The first-order valence-electron chi connectivity index (χ1n) is 4.56. The minimum atomic E-state index is -0.214. The monoisotopic (exact) mass is 298 g/mol. The van der Waals surface area contributed by atoms with E-state index in [4.69, 9.17) is 11.6 Å². The van der Waals surface area contributed by atoms with Crippen molar-refractivity contribution >= 4 is 39.1 Å². The molecule has 1 aromatic carbocycles. The summed E-state index contributed by atoms with van der Waals surface area (Å²) < 4.78 is 0.966. The van der Waals surface area contributed by atoms with E-state index in [-0.39, 0.29) is 5.91 Å². The van der Waals surface area contributed by atoms with Crippen LogP contribution in [0, 0.1) is 0 Å². The maximum Gasteiger partial charge on any atom is 0.272 e. The molecule has 0 unspecified atom stereocenters. The van der Waals surface area contributed by atoms with E-state index in [1.165, 1.54) is 0 Å². The minimum absolute atomic E-state index is 0.214. The fourth-order valence-electron chi connectivity index (χ4n) is 1.23. The molecule has 5 heteroatoms. The lowest BCUT2D eigenvalue weighted by Crippen LogP contribution is -2.11. The van der Waals surface area contributed by atoms with Gasteiger partial charge in [-0.25, -0.2) is 0 Å². The number of carbonyl (C=O) groups excluding carboxylic acids is 1. The molecule has 0 atom stereocenters. The van der Waals surface area contributed by atoms with E-state index in [1.54, 1.807) is 12.3 Å². The predicted molar refractivity (Wildman–Crippen MR) is 67.9 cm³/mol. The molecule has 0 saturated heterocycles. The second kappa shape index (κ2) is 4.72. The van der Waals surface area contributed by atoms with Crippen LogP contribution in [0.15, 0.2) is 41.0 Å². The van der Waals surface area contributed by atoms with Crippen LogP contribution in [0.3, 0.4) is 0 Å². The maximum absolute atomic E-state index is 11.7. The highest BCUT2D eigenvalue weighted by Crippen LogP contribution is 2.16. The number of hydrogen-bond donors (Lipinski definition) is 2. The molecule has 0 aliphatic rings. The molecule has 82 valence electrons. The summed E-state index contributed by atoms with van der Waals surface area (Å²) in [5.74, 6) is -0.214. The van der Waals surface area contributed by atoms with Gasteiger partial charge in [0.1, 0.15) is 5.69 Å². The molecular weight excluding hydrogens is 291 g/mol. The van der Waals surface area contributed by atoms with Gasteiger partial charge in [-0.1, -0.05) is 27.5 Å². The van der Waals surface area contributed by atoms with E-state index < -0.39 is 0 Å². The molecule has 2 aromatic rings. The van der Waals surface area contributed by atoms with Crippen LogP contribution in [0.25, 0.3) is 0 Å². The summed E-state index contributed by atoms with van der Waals surface area (Å²) in [4.78, 5) is 14.5. The second-order valence-corrected chi connectivity index (χ2v) is 4.54. The molecule has 0 saturated carbocycles. The Hall–Kier alpha value is -1.26. The average molecular weight is 300 g/mol. The van der Waals surface area contributed by atoms with E-state index in [9.17, 15) is 4.79 Å². The Labute approximate surface area is 106 Å². The first-order valence-corrected chi connectivity index (χ1v) is 5.73. The zero-order valence-electron chi connectivity index (χ0n) is 8.13. The molecule has 0 fully saturated rings. The van der Waals surface area contributed by atoms with Gasteiger partial charge in [0.15, 0.2) is 0 Å². The van der Waals surface area contributed by atoms with Gasteiger partial charge in [-0.15, -0.1) is 0 Å². The van der Waals surface area contributed by atoms with Crippen LogP contribution in [0.5, 0.6) is 0 Å². The second-order valence-electron chi connectivity index (χ2n) is 3.19. The normalized spacial score (nSPS) is 10.1. The molecule has 0 radical (unpaired) electrons. The van der Waals surface area contributed by atoms with Crippen molar-refractivity contribution < 1.29 is 4.79 Å². The van der Waals surface area contributed by atoms with Crippen molar-refractivity contribution in [2.24, 2.45) is 0 Å². The van der Waals surface area contributed by atoms with Crippen molar-refractivity contribution in [2.75, 3.05) is 5.32 Å². The molecular formula is C11H8BrClN2O. The number of H-pyrrole nitrogens is 1. The number of amides is 1. The first kappa shape index (κ1) is 11.2. The van der Waals surface area contributed by atoms with Crippen molar-refractivity contribution in [3.05, 3.63) is 51.7 Å². The third-order valence-corrected chi connectivity index (χ3v) is 2.74. The third kappa shape index (κ3) is 2.65. The Morgan fingerprint density at radius 3 is 2.56 bits per heavy atom. The molecule has 0 spiro atoms. The van der Waals surface area contributed by atoms with Crippen LogP contribution in [0.2, 0.25) is 5.02 Å². The summed E-state index contributed by atoms with van der Waals surface area (Å²) in [6, 6.07) is 8.92. The minimum Gasteiger partial charge on any atom is -0.356 e. The third-order valence-electron chi connectivity index (χ3n) is 1.99. The van der Waals surface area contributed by atoms with Gasteiger partial charge < -0.3 is 10.3 Å². The number of halogens is 2. The van der Waals surface area contributed by atoms with Crippen molar-refractivity contribution in [3.8, 4) is 0 Å². The van der Waals surface area contributed by atoms with Gasteiger partial charge in [0.25, 0.3) is 5.91 Å². The summed E-state index contributed by atoms with van der Waals surface area (Å²) in [7, 11) is 0. The van der Waals surface area contributed by atoms with Crippen molar-refractivity contribution in [1.29, 1.82) is 0 Å². The van der Waals surface area contributed by atoms with Crippen LogP contribution in [-0.2, 0) is 0 Å². The van der Waals surface area contributed by atoms with Crippen LogP contribution in [0.1, 0.15) is 10.5 Å². The molecule has 16 heavy (non-hydrogen) atoms. The molecule has 1 amide bonds. The van der Waals surface area contributed by atoms with Gasteiger partial charge in [0.2, 0.25) is 0 Å². The largest absolute Gasteiger partial charge is 0.356 e. The number of rotatable bonds is 2. The van der Waals surface area contributed by atoms with Crippen LogP contribution >= 0.6 is 27.5 Å². The smallest absolute Gasteiger partial charge is 0.272 e. The molecule has 0 aliphatic carbocycles. The highest BCUT2D eigenvalue weighted by atomic mass is 79.9. The van der Waals surface area contributed by atoms with Gasteiger partial charge in [0.05, 0.1) is 5.02 Å². The fourth-order valence-corrected chi connectivity index (χ4v) is 1.66. The van der Waals surface area contributed by atoms with Crippen molar-refractivity contribution in [2.45, 2.75) is 0 Å². The lowest BCUT2D eigenvalue weighted by molar-refractivity contribution is 0.102. The van der Waals surface area contributed by atoms with Gasteiger partial charge in [-0.2, -0.15) is 0 Å². The average Bonchev–Trinajstić information content (AvgIpc) is 2.68. The Balaban J connectivity index is 2.10. The maximum atomic E-state index is 11.7. The van der Waals surface area contributed by atoms with Gasteiger partial charge in [-0.05, 0) is 30.3 Å². The number of carbonyl (C=O) groups is 1. The van der Waals surface area contributed by atoms with E-state index in [0.717, 1.165) is 10.2 Å². The van der Waals surface area contributed by atoms with Crippen molar-refractivity contribution in [1.82, 2.24) is 4.98 Å². The Bertz CT molecular complexity index is 507. The Kier molecular flexibility index (Phi) is 3.31. The summed E-state index contributed by atoms with van der Waals surface area (Å²) in [6.45, 7) is 0. The van der Waals surface area contributed by atoms with Gasteiger partial charge in [0, 0.05) is 16.4 Å². The van der Waals surface area contributed by atoms with Crippen LogP contribution in [0.4, 0.5) is 5.69 Å². The Morgan fingerprint density at radius 1 is 1.31 bits per heavy atom. The number of nitrogens with one attached hydrogen (secondary N) is 2. The van der Waals surface area contributed by atoms with Crippen LogP contribution < -0.4 is 5.32 Å². The summed E-state index contributed by atoms with van der Waals surface area (Å²) in [5.41, 5.74) is 1.17. The Morgan fingerprint density at radius 2 is 2.00 bits per heavy atom. The molecule has 3 nitrogen and oxygen atoms in total. The van der Waals surface area contributed by atoms with E-state index >= 15 is 0 Å². The zero-order valence-corrected chi connectivity index (χ0v) is 10.5. The highest BCUT2D eigenvalue weighted by Gasteiger charge is 2.07. The number of anilines is 1. The summed E-state index contributed by atoms with van der Waals surface area (Å²) in [5, 5.41) is 3.26. The highest BCUT2D eigenvalue weighted by molar-refractivity contribution is 9.10. The predicted octanol–water partition coefficient (Wildman–Crippen LogP) is 3.68.